The summed E-state index contributed by atoms with van der Waals surface area (Å²) in [5.74, 6) is 0.138. The summed E-state index contributed by atoms with van der Waals surface area (Å²) < 4.78 is 15.6. The maximum atomic E-state index is 14.0. The lowest BCUT2D eigenvalue weighted by Crippen LogP contribution is -2.55. The third kappa shape index (κ3) is 5.13. The lowest BCUT2D eigenvalue weighted by Gasteiger charge is -2.35. The van der Waals surface area contributed by atoms with Gasteiger partial charge in [0.05, 0.1) is 18.4 Å². The number of nitrogens with one attached hydrogen (secondary N) is 1. The number of hydrogen-bond donors (Lipinski definition) is 1. The van der Waals surface area contributed by atoms with E-state index in [4.69, 9.17) is 11.6 Å². The highest BCUT2D eigenvalue weighted by atomic mass is 127. The molecule has 1 amide bonds. The van der Waals surface area contributed by atoms with E-state index < -0.39 is 0 Å². The van der Waals surface area contributed by atoms with Gasteiger partial charge in [-0.05, 0) is 19.1 Å². The molecule has 1 aromatic heterocycles. The number of aryl methyl sites for hydroxylation is 1. The normalized spacial score (nSPS) is 14.9. The van der Waals surface area contributed by atoms with Gasteiger partial charge in [-0.15, -0.1) is 24.0 Å². The Morgan fingerprint density at radius 2 is 2.18 bits per heavy atom. The second-order valence-corrected chi connectivity index (χ2v) is 6.62. The van der Waals surface area contributed by atoms with Crippen LogP contribution >= 0.6 is 35.6 Å². The average molecular weight is 521 g/mol. The summed E-state index contributed by atoms with van der Waals surface area (Å²) in [4.78, 5) is 20.7. The van der Waals surface area contributed by atoms with Gasteiger partial charge in [0.1, 0.15) is 12.4 Å². The molecule has 2 aromatic rings. The van der Waals surface area contributed by atoms with Crippen molar-refractivity contribution in [3.8, 4) is 0 Å². The molecule has 7 nitrogen and oxygen atoms in total. The summed E-state index contributed by atoms with van der Waals surface area (Å²) in [6.45, 7) is 4.00. The van der Waals surface area contributed by atoms with E-state index in [1.807, 2.05) is 25.1 Å². The van der Waals surface area contributed by atoms with Crippen LogP contribution in [0, 0.1) is 5.82 Å². The van der Waals surface area contributed by atoms with Crippen LogP contribution < -0.4 is 10.2 Å². The number of carbonyl (C=O) groups excluding carboxylic acids is 1. The number of hydrogen-bond acceptors (Lipinski definition) is 3. The van der Waals surface area contributed by atoms with Crippen LogP contribution in [0.1, 0.15) is 12.5 Å². The van der Waals surface area contributed by atoms with Crippen LogP contribution in [-0.4, -0.2) is 52.7 Å². The average Bonchev–Trinajstić information content (AvgIpc) is 3.06. The number of amides is 1. The molecule has 1 saturated heterocycles. The molecule has 1 aliphatic heterocycles. The third-order valence-electron chi connectivity index (χ3n) is 4.31. The minimum atomic E-state index is -0.389. The fourth-order valence-electron chi connectivity index (χ4n) is 2.94. The van der Waals surface area contributed by atoms with Crippen LogP contribution in [0.25, 0.3) is 0 Å². The molecule has 0 saturated carbocycles. The molecule has 1 aliphatic rings. The van der Waals surface area contributed by atoms with Crippen molar-refractivity contribution in [2.24, 2.45) is 12.0 Å². The lowest BCUT2D eigenvalue weighted by atomic mass is 10.2. The van der Waals surface area contributed by atoms with Crippen LogP contribution in [0.4, 0.5) is 10.1 Å². The summed E-state index contributed by atoms with van der Waals surface area (Å²) >= 11 is 6.08. The van der Waals surface area contributed by atoms with E-state index in [0.29, 0.717) is 36.2 Å². The van der Waals surface area contributed by atoms with Crippen molar-refractivity contribution in [2.75, 3.05) is 31.1 Å². The minimum absolute atomic E-state index is 0. The van der Waals surface area contributed by atoms with Gasteiger partial charge in [-0.2, -0.15) is 5.10 Å². The van der Waals surface area contributed by atoms with Crippen molar-refractivity contribution in [2.45, 2.75) is 13.5 Å². The zero-order valence-electron chi connectivity index (χ0n) is 15.7. The maximum absolute atomic E-state index is 14.0. The molecular weight excluding hydrogens is 498 g/mol. The van der Waals surface area contributed by atoms with Crippen molar-refractivity contribution in [1.29, 1.82) is 0 Å². The summed E-state index contributed by atoms with van der Waals surface area (Å²) in [6.07, 6.45) is 3.49. The Balaban J connectivity index is 0.00000280. The topological polar surface area (TPSA) is 65.8 Å². The second kappa shape index (κ2) is 10.1. The van der Waals surface area contributed by atoms with Gasteiger partial charge in [-0.3, -0.25) is 9.48 Å². The molecule has 2 heterocycles. The Hall–Kier alpha value is -1.88. The van der Waals surface area contributed by atoms with Crippen molar-refractivity contribution in [3.63, 3.8) is 0 Å². The number of aromatic nitrogens is 2. The molecule has 3 rings (SSSR count). The lowest BCUT2D eigenvalue weighted by molar-refractivity contribution is -0.120. The molecule has 10 heteroatoms. The molecular formula is C18H23ClFIN6O. The molecule has 1 aromatic carbocycles. The van der Waals surface area contributed by atoms with Gasteiger partial charge in [-0.1, -0.05) is 17.7 Å². The molecule has 28 heavy (non-hydrogen) atoms. The summed E-state index contributed by atoms with van der Waals surface area (Å²) in [5, 5.41) is 7.62. The highest BCUT2D eigenvalue weighted by molar-refractivity contribution is 14.0. The first-order valence-electron chi connectivity index (χ1n) is 8.74. The SMILES string of the molecule is CCNC(=NCc1c(F)cccc1Cl)N1CCN(c2cnn(C)c2)C(=O)C1.I. The van der Waals surface area contributed by atoms with Gasteiger partial charge in [-0.25, -0.2) is 9.38 Å². The highest BCUT2D eigenvalue weighted by Gasteiger charge is 2.27. The number of anilines is 1. The minimum Gasteiger partial charge on any atom is -0.356 e. The smallest absolute Gasteiger partial charge is 0.246 e. The van der Waals surface area contributed by atoms with Gasteiger partial charge < -0.3 is 15.1 Å². The van der Waals surface area contributed by atoms with E-state index in [1.54, 1.807) is 27.9 Å². The quantitative estimate of drug-likeness (QED) is 0.383. The van der Waals surface area contributed by atoms with Crippen molar-refractivity contribution in [1.82, 2.24) is 20.0 Å². The Morgan fingerprint density at radius 1 is 1.39 bits per heavy atom. The Morgan fingerprint density at radius 3 is 2.79 bits per heavy atom. The fourth-order valence-corrected chi connectivity index (χ4v) is 3.16. The van der Waals surface area contributed by atoms with Crippen LogP contribution in [0.5, 0.6) is 0 Å². The van der Waals surface area contributed by atoms with E-state index in [0.717, 1.165) is 5.69 Å². The van der Waals surface area contributed by atoms with Crippen molar-refractivity contribution < 1.29 is 9.18 Å². The van der Waals surface area contributed by atoms with E-state index in [-0.39, 0.29) is 48.8 Å². The highest BCUT2D eigenvalue weighted by Crippen LogP contribution is 2.20. The predicted octanol–water partition coefficient (Wildman–Crippen LogP) is 2.64. The number of halogens is 3. The van der Waals surface area contributed by atoms with Gasteiger partial charge >= 0.3 is 0 Å². The predicted molar refractivity (Wildman–Crippen MR) is 119 cm³/mol. The number of aliphatic imine (C=N–C) groups is 1. The number of carbonyl (C=O) groups is 1. The van der Waals surface area contributed by atoms with E-state index >= 15 is 0 Å². The molecule has 0 atom stereocenters. The largest absolute Gasteiger partial charge is 0.356 e. The molecule has 1 fully saturated rings. The van der Waals surface area contributed by atoms with Gasteiger partial charge in [0.2, 0.25) is 5.91 Å². The third-order valence-corrected chi connectivity index (χ3v) is 4.66. The number of benzene rings is 1. The molecule has 0 bridgehead atoms. The van der Waals surface area contributed by atoms with E-state index in [2.05, 4.69) is 15.4 Å². The summed E-state index contributed by atoms with van der Waals surface area (Å²) in [7, 11) is 1.81. The summed E-state index contributed by atoms with van der Waals surface area (Å²) in [6, 6.07) is 4.56. The number of nitrogens with zero attached hydrogens (tertiary/aromatic N) is 5. The van der Waals surface area contributed by atoms with Crippen molar-refractivity contribution in [3.05, 3.63) is 47.0 Å². The van der Waals surface area contributed by atoms with Gasteiger partial charge in [0.25, 0.3) is 0 Å². The second-order valence-electron chi connectivity index (χ2n) is 6.21. The Labute approximate surface area is 185 Å². The monoisotopic (exact) mass is 520 g/mol. The molecule has 0 unspecified atom stereocenters. The fraction of sp³-hybridized carbons (Fsp3) is 0.389. The van der Waals surface area contributed by atoms with Gasteiger partial charge in [0, 0.05) is 43.5 Å². The zero-order valence-corrected chi connectivity index (χ0v) is 18.8. The van der Waals surface area contributed by atoms with Crippen LogP contribution in [0.2, 0.25) is 5.02 Å². The van der Waals surface area contributed by atoms with Crippen molar-refractivity contribution >= 4 is 53.1 Å². The van der Waals surface area contributed by atoms with E-state index in [9.17, 15) is 9.18 Å². The Kier molecular flexibility index (Phi) is 8.05. The van der Waals surface area contributed by atoms with Crippen LogP contribution in [0.15, 0.2) is 35.6 Å². The molecule has 152 valence electrons. The first-order valence-corrected chi connectivity index (χ1v) is 9.12. The maximum Gasteiger partial charge on any atom is 0.246 e. The number of rotatable bonds is 4. The van der Waals surface area contributed by atoms with Crippen LogP contribution in [0.3, 0.4) is 0 Å². The van der Waals surface area contributed by atoms with E-state index in [1.165, 1.54) is 6.07 Å². The molecule has 0 aliphatic carbocycles. The number of piperazine rings is 1. The number of guanidine groups is 1. The summed E-state index contributed by atoms with van der Waals surface area (Å²) in [5.41, 5.74) is 1.12. The van der Waals surface area contributed by atoms with Crippen LogP contribution in [-0.2, 0) is 18.4 Å². The molecule has 1 N–H and O–H groups in total. The first kappa shape index (κ1) is 22.4. The zero-order chi connectivity index (χ0) is 19.4. The standard InChI is InChI=1S/C18H22ClFN6O.HI/c1-3-21-18(22-10-14-15(19)5-4-6-16(14)20)25-7-8-26(17(27)12-25)13-9-23-24(2)11-13;/h4-6,9,11H,3,7-8,10,12H2,1-2H3,(H,21,22);1H. The first-order chi connectivity index (χ1) is 13.0. The van der Waals surface area contributed by atoms with Gasteiger partial charge in [0.15, 0.2) is 5.96 Å². The molecule has 0 radical (unpaired) electrons. The Bertz CT molecular complexity index is 838. The molecule has 0 spiro atoms.